The lowest BCUT2D eigenvalue weighted by Crippen LogP contribution is -2.39. The van der Waals surface area contributed by atoms with Gasteiger partial charge in [-0.3, -0.25) is 0 Å². The number of halogens is 4. The molecule has 1 atom stereocenters. The smallest absolute Gasteiger partial charge is 0.408 e. The van der Waals surface area contributed by atoms with Crippen LogP contribution in [-0.4, -0.2) is 31.5 Å². The monoisotopic (exact) mass is 516 g/mol. The van der Waals surface area contributed by atoms with Crippen LogP contribution >= 0.6 is 15.9 Å². The minimum Gasteiger partial charge on any atom is -0.497 e. The van der Waals surface area contributed by atoms with Crippen molar-refractivity contribution < 1.29 is 26.3 Å². The molecule has 31 heavy (non-hydrogen) atoms. The lowest BCUT2D eigenvalue weighted by atomic mass is 10.1. The second-order valence-corrected chi connectivity index (χ2v) is 10.5. The number of hydrogen-bond acceptors (Lipinski definition) is 3. The van der Waals surface area contributed by atoms with Crippen LogP contribution in [0.5, 0.6) is 5.75 Å². The van der Waals surface area contributed by atoms with Gasteiger partial charge in [0.05, 0.1) is 12.4 Å². The number of sulfonamides is 1. The number of methoxy groups -OCH3 is 1. The van der Waals surface area contributed by atoms with Gasteiger partial charge < -0.3 is 9.30 Å². The second-order valence-electron chi connectivity index (χ2n) is 7.56. The van der Waals surface area contributed by atoms with Crippen molar-refractivity contribution in [2.24, 2.45) is 0 Å². The average molecular weight is 517 g/mol. The fraction of sp³-hybridized carbons (Fsp3) is 0.333. The first-order valence-electron chi connectivity index (χ1n) is 9.57. The first-order chi connectivity index (χ1) is 14.6. The van der Waals surface area contributed by atoms with E-state index in [1.165, 1.54) is 6.20 Å². The number of rotatable bonds is 7. The predicted molar refractivity (Wildman–Crippen MR) is 116 cm³/mol. The highest BCUT2D eigenvalue weighted by Gasteiger charge is 2.47. The standard InChI is InChI=1S/C21H20BrF3N2O3S/c1-30-15-5-2-13(3-6-15)11-27-12-18(17-9-4-14(22)10-19(17)27)20(21(23,24)25)26-31(28,29)16-7-8-16/h2-6,9-10,12,16,20,26H,7-8,11H2,1H3/t20-/m0/s1. The Morgan fingerprint density at radius 3 is 2.45 bits per heavy atom. The number of nitrogens with one attached hydrogen (secondary N) is 1. The Morgan fingerprint density at radius 1 is 1.19 bits per heavy atom. The Labute approximate surface area is 186 Å². The molecule has 0 unspecified atom stereocenters. The third-order valence-electron chi connectivity index (χ3n) is 5.27. The number of fused-ring (bicyclic) bond motifs is 1. The molecule has 2 aromatic carbocycles. The van der Waals surface area contributed by atoms with E-state index < -0.39 is 27.5 Å². The summed E-state index contributed by atoms with van der Waals surface area (Å²) in [6, 6.07) is 9.85. The van der Waals surface area contributed by atoms with Gasteiger partial charge in [-0.25, -0.2) is 8.42 Å². The molecule has 0 saturated heterocycles. The molecule has 0 amide bonds. The number of ether oxygens (including phenoxy) is 1. The number of nitrogens with zero attached hydrogens (tertiary/aromatic N) is 1. The zero-order valence-electron chi connectivity index (χ0n) is 16.5. The van der Waals surface area contributed by atoms with Crippen LogP contribution < -0.4 is 9.46 Å². The molecule has 1 aromatic heterocycles. The first-order valence-corrected chi connectivity index (χ1v) is 11.9. The van der Waals surface area contributed by atoms with E-state index in [1.807, 2.05) is 16.9 Å². The van der Waals surface area contributed by atoms with E-state index in [2.05, 4.69) is 15.9 Å². The minimum absolute atomic E-state index is 0.118. The molecular formula is C21H20BrF3N2O3S. The molecule has 166 valence electrons. The number of benzene rings is 2. The zero-order chi connectivity index (χ0) is 22.4. The third-order valence-corrected chi connectivity index (χ3v) is 7.68. The molecule has 1 heterocycles. The molecule has 10 heteroatoms. The van der Waals surface area contributed by atoms with Crippen LogP contribution in [-0.2, 0) is 16.6 Å². The summed E-state index contributed by atoms with van der Waals surface area (Å²) >= 11 is 3.37. The van der Waals surface area contributed by atoms with Crippen LogP contribution in [0.1, 0.15) is 30.0 Å². The average Bonchev–Trinajstić information content (AvgIpc) is 3.51. The number of aromatic nitrogens is 1. The van der Waals surface area contributed by atoms with Gasteiger partial charge in [0.2, 0.25) is 10.0 Å². The summed E-state index contributed by atoms with van der Waals surface area (Å²) in [5.74, 6) is 0.677. The Balaban J connectivity index is 1.79. The molecule has 0 bridgehead atoms. The topological polar surface area (TPSA) is 60.3 Å². The van der Waals surface area contributed by atoms with Crippen molar-refractivity contribution in [3.8, 4) is 5.75 Å². The fourth-order valence-corrected chi connectivity index (χ4v) is 5.41. The molecule has 0 spiro atoms. The van der Waals surface area contributed by atoms with Crippen LogP contribution in [0.3, 0.4) is 0 Å². The van der Waals surface area contributed by atoms with Crippen LogP contribution in [0, 0.1) is 0 Å². The van der Waals surface area contributed by atoms with Crippen LogP contribution in [0.25, 0.3) is 10.9 Å². The van der Waals surface area contributed by atoms with Crippen molar-refractivity contribution in [1.82, 2.24) is 9.29 Å². The van der Waals surface area contributed by atoms with E-state index in [0.717, 1.165) is 5.56 Å². The van der Waals surface area contributed by atoms with Gasteiger partial charge in [-0.2, -0.15) is 17.9 Å². The van der Waals surface area contributed by atoms with Gasteiger partial charge in [-0.1, -0.05) is 34.1 Å². The van der Waals surface area contributed by atoms with E-state index in [-0.39, 0.29) is 5.56 Å². The Kier molecular flexibility index (Phi) is 5.82. The summed E-state index contributed by atoms with van der Waals surface area (Å²) in [5.41, 5.74) is 1.32. The van der Waals surface area contributed by atoms with Crippen molar-refractivity contribution in [2.45, 2.75) is 36.9 Å². The molecule has 1 aliphatic carbocycles. The molecule has 4 rings (SSSR count). The van der Waals surface area contributed by atoms with Gasteiger partial charge in [0.1, 0.15) is 11.8 Å². The molecule has 1 fully saturated rings. The molecular weight excluding hydrogens is 497 g/mol. The maximum absolute atomic E-state index is 14.0. The quantitative estimate of drug-likeness (QED) is 0.472. The van der Waals surface area contributed by atoms with Gasteiger partial charge in [0, 0.05) is 33.7 Å². The van der Waals surface area contributed by atoms with E-state index in [9.17, 15) is 21.6 Å². The maximum atomic E-state index is 14.0. The second kappa shape index (κ2) is 8.14. The van der Waals surface area contributed by atoms with Crippen molar-refractivity contribution in [1.29, 1.82) is 0 Å². The first kappa shape index (κ1) is 22.2. The fourth-order valence-electron chi connectivity index (χ4n) is 3.53. The summed E-state index contributed by atoms with van der Waals surface area (Å²) in [7, 11) is -2.50. The highest BCUT2D eigenvalue weighted by molar-refractivity contribution is 9.10. The third kappa shape index (κ3) is 4.75. The molecule has 5 nitrogen and oxygen atoms in total. The molecule has 0 aliphatic heterocycles. The summed E-state index contributed by atoms with van der Waals surface area (Å²) in [6.07, 6.45) is -2.64. The SMILES string of the molecule is COc1ccc(Cn2cc([C@H](NS(=O)(=O)C3CC3)C(F)(F)F)c3ccc(Br)cc32)cc1. The van der Waals surface area contributed by atoms with E-state index in [4.69, 9.17) is 4.74 Å². The highest BCUT2D eigenvalue weighted by Crippen LogP contribution is 2.40. The largest absolute Gasteiger partial charge is 0.497 e. The minimum atomic E-state index is -4.78. The van der Waals surface area contributed by atoms with Gasteiger partial charge in [-0.15, -0.1) is 0 Å². The molecule has 3 aromatic rings. The molecule has 1 aliphatic rings. The van der Waals surface area contributed by atoms with E-state index in [1.54, 1.807) is 42.0 Å². The highest BCUT2D eigenvalue weighted by atomic mass is 79.9. The molecule has 1 saturated carbocycles. The summed E-state index contributed by atoms with van der Waals surface area (Å²) in [4.78, 5) is 0. The van der Waals surface area contributed by atoms with Crippen LogP contribution in [0.4, 0.5) is 13.2 Å². The van der Waals surface area contributed by atoms with Gasteiger partial charge in [0.15, 0.2) is 0 Å². The summed E-state index contributed by atoms with van der Waals surface area (Å²) in [5, 5.41) is -0.406. The Hall–Kier alpha value is -2.04. The summed E-state index contributed by atoms with van der Waals surface area (Å²) < 4.78 is 76.1. The van der Waals surface area contributed by atoms with E-state index in [0.29, 0.717) is 40.5 Å². The maximum Gasteiger partial charge on any atom is 0.408 e. The number of hydrogen-bond donors (Lipinski definition) is 1. The Morgan fingerprint density at radius 2 is 1.87 bits per heavy atom. The lowest BCUT2D eigenvalue weighted by Gasteiger charge is -2.21. The van der Waals surface area contributed by atoms with E-state index >= 15 is 0 Å². The molecule has 0 radical (unpaired) electrons. The van der Waals surface area contributed by atoms with Crippen molar-refractivity contribution >= 4 is 36.9 Å². The van der Waals surface area contributed by atoms with Gasteiger partial charge >= 0.3 is 6.18 Å². The van der Waals surface area contributed by atoms with Gasteiger partial charge in [-0.05, 0) is 42.7 Å². The van der Waals surface area contributed by atoms with Crippen molar-refractivity contribution in [3.05, 3.63) is 64.3 Å². The lowest BCUT2D eigenvalue weighted by molar-refractivity contribution is -0.152. The number of alkyl halides is 3. The normalized spacial score (nSPS) is 15.9. The van der Waals surface area contributed by atoms with Crippen LogP contribution in [0.15, 0.2) is 53.1 Å². The predicted octanol–water partition coefficient (Wildman–Crippen LogP) is 5.15. The van der Waals surface area contributed by atoms with Crippen molar-refractivity contribution in [3.63, 3.8) is 0 Å². The molecule has 1 N–H and O–H groups in total. The van der Waals surface area contributed by atoms with Gasteiger partial charge in [0.25, 0.3) is 0 Å². The van der Waals surface area contributed by atoms with Crippen molar-refractivity contribution in [2.75, 3.05) is 7.11 Å². The Bertz CT molecular complexity index is 1200. The van der Waals surface area contributed by atoms with Crippen LogP contribution in [0.2, 0.25) is 0 Å². The summed E-state index contributed by atoms with van der Waals surface area (Å²) in [6.45, 7) is 0.316. The zero-order valence-corrected chi connectivity index (χ0v) is 18.9.